The van der Waals surface area contributed by atoms with Crippen molar-refractivity contribution in [3.8, 4) is 0 Å². The van der Waals surface area contributed by atoms with E-state index in [1.54, 1.807) is 6.92 Å². The Bertz CT molecular complexity index is 235. The van der Waals surface area contributed by atoms with E-state index in [9.17, 15) is 4.79 Å². The maximum absolute atomic E-state index is 10.8. The molecule has 5 heteroatoms. The van der Waals surface area contributed by atoms with E-state index in [0.717, 1.165) is 39.3 Å². The summed E-state index contributed by atoms with van der Waals surface area (Å²) >= 11 is 0. The topological polar surface area (TPSA) is 55.8 Å². The van der Waals surface area contributed by atoms with Crippen molar-refractivity contribution in [1.29, 1.82) is 0 Å². The predicted molar refractivity (Wildman–Crippen MR) is 56.9 cm³/mol. The number of carbonyl (C=O) groups is 1. The second-order valence-electron chi connectivity index (χ2n) is 4.40. The summed E-state index contributed by atoms with van der Waals surface area (Å²) in [4.78, 5) is 15.3. The van der Waals surface area contributed by atoms with Gasteiger partial charge in [-0.2, -0.15) is 0 Å². The third kappa shape index (κ3) is 2.30. The molecule has 0 aromatic heterocycles. The van der Waals surface area contributed by atoms with Crippen LogP contribution in [-0.4, -0.2) is 72.2 Å². The van der Waals surface area contributed by atoms with Crippen molar-refractivity contribution < 1.29 is 9.90 Å². The van der Waals surface area contributed by atoms with Gasteiger partial charge in [-0.3, -0.25) is 14.6 Å². The first-order chi connectivity index (χ1) is 7.18. The van der Waals surface area contributed by atoms with Crippen LogP contribution in [0.1, 0.15) is 6.92 Å². The van der Waals surface area contributed by atoms with Gasteiger partial charge in [-0.15, -0.1) is 0 Å². The summed E-state index contributed by atoms with van der Waals surface area (Å²) in [6, 6.07) is 0.346. The highest BCUT2D eigenvalue weighted by atomic mass is 16.4. The van der Waals surface area contributed by atoms with Crippen molar-refractivity contribution in [3.63, 3.8) is 0 Å². The molecule has 1 atom stereocenters. The molecule has 0 aliphatic carbocycles. The van der Waals surface area contributed by atoms with E-state index in [0.29, 0.717) is 6.04 Å². The lowest BCUT2D eigenvalue weighted by Gasteiger charge is -2.44. The first-order valence-electron chi connectivity index (χ1n) is 5.60. The minimum atomic E-state index is -0.714. The molecule has 1 unspecified atom stereocenters. The van der Waals surface area contributed by atoms with Gasteiger partial charge in [0, 0.05) is 45.3 Å². The summed E-state index contributed by atoms with van der Waals surface area (Å²) in [7, 11) is 0. The second kappa shape index (κ2) is 4.47. The highest BCUT2D eigenvalue weighted by Crippen LogP contribution is 2.11. The van der Waals surface area contributed by atoms with Gasteiger partial charge in [-0.05, 0) is 6.92 Å². The molecule has 2 aliphatic heterocycles. The van der Waals surface area contributed by atoms with E-state index in [1.807, 2.05) is 4.90 Å². The molecule has 2 fully saturated rings. The molecule has 2 aliphatic rings. The van der Waals surface area contributed by atoms with Gasteiger partial charge in [0.2, 0.25) is 0 Å². The van der Waals surface area contributed by atoms with E-state index in [1.165, 1.54) is 0 Å². The van der Waals surface area contributed by atoms with Crippen LogP contribution in [0.5, 0.6) is 0 Å². The number of aliphatic carboxylic acids is 1. The quantitative estimate of drug-likeness (QED) is 0.633. The lowest BCUT2D eigenvalue weighted by Crippen LogP contribution is -2.62. The van der Waals surface area contributed by atoms with Crippen LogP contribution in [0.2, 0.25) is 0 Å². The summed E-state index contributed by atoms with van der Waals surface area (Å²) in [5.74, 6) is -0.714. The minimum absolute atomic E-state index is 0.341. The number of hydrogen-bond acceptors (Lipinski definition) is 4. The Morgan fingerprint density at radius 2 is 1.93 bits per heavy atom. The van der Waals surface area contributed by atoms with Gasteiger partial charge >= 0.3 is 5.97 Å². The van der Waals surface area contributed by atoms with Crippen LogP contribution in [0.3, 0.4) is 0 Å². The predicted octanol–water partition coefficient (Wildman–Crippen LogP) is -0.951. The average molecular weight is 213 g/mol. The number of hydrogen-bond donors (Lipinski definition) is 2. The van der Waals surface area contributed by atoms with Crippen LogP contribution in [0, 0.1) is 0 Å². The molecule has 0 radical (unpaired) electrons. The number of carboxylic acid groups (broad SMARTS) is 1. The van der Waals surface area contributed by atoms with Crippen LogP contribution in [-0.2, 0) is 4.79 Å². The summed E-state index contributed by atoms with van der Waals surface area (Å²) in [5.41, 5.74) is 0. The molecule has 0 spiro atoms. The zero-order chi connectivity index (χ0) is 10.8. The fraction of sp³-hybridized carbons (Fsp3) is 0.900. The standard InChI is InChI=1S/C10H19N3O2/c1-8(10(14)15)12-2-4-13(5-3-12)9-6-11-7-9/h8-9,11H,2-7H2,1H3,(H,14,15). The van der Waals surface area contributed by atoms with E-state index in [4.69, 9.17) is 5.11 Å². The Labute approximate surface area is 90.0 Å². The normalized spacial score (nSPS) is 27.3. The van der Waals surface area contributed by atoms with Gasteiger partial charge < -0.3 is 10.4 Å². The van der Waals surface area contributed by atoms with Crippen LogP contribution < -0.4 is 5.32 Å². The van der Waals surface area contributed by atoms with Crippen molar-refractivity contribution >= 4 is 5.97 Å². The molecule has 0 aromatic rings. The van der Waals surface area contributed by atoms with Crippen LogP contribution in [0.4, 0.5) is 0 Å². The van der Waals surface area contributed by atoms with E-state index in [2.05, 4.69) is 10.2 Å². The Morgan fingerprint density at radius 1 is 1.33 bits per heavy atom. The summed E-state index contributed by atoms with van der Waals surface area (Å²) in [6.07, 6.45) is 0. The first kappa shape index (κ1) is 10.9. The zero-order valence-corrected chi connectivity index (χ0v) is 9.15. The Balaban J connectivity index is 1.78. The largest absolute Gasteiger partial charge is 0.480 e. The molecule has 15 heavy (non-hydrogen) atoms. The first-order valence-corrected chi connectivity index (χ1v) is 5.60. The van der Waals surface area contributed by atoms with E-state index in [-0.39, 0.29) is 6.04 Å². The van der Waals surface area contributed by atoms with Crippen LogP contribution >= 0.6 is 0 Å². The maximum Gasteiger partial charge on any atom is 0.320 e. The van der Waals surface area contributed by atoms with Gasteiger partial charge in [0.1, 0.15) is 6.04 Å². The number of nitrogens with one attached hydrogen (secondary N) is 1. The Kier molecular flexibility index (Phi) is 3.23. The van der Waals surface area contributed by atoms with Gasteiger partial charge in [0.25, 0.3) is 0 Å². The Morgan fingerprint density at radius 3 is 2.33 bits per heavy atom. The molecule has 0 aromatic carbocycles. The molecule has 0 bridgehead atoms. The minimum Gasteiger partial charge on any atom is -0.480 e. The maximum atomic E-state index is 10.8. The number of piperazine rings is 1. The van der Waals surface area contributed by atoms with Gasteiger partial charge in [0.05, 0.1) is 0 Å². The van der Waals surface area contributed by atoms with Crippen molar-refractivity contribution in [1.82, 2.24) is 15.1 Å². The lowest BCUT2D eigenvalue weighted by atomic mass is 10.1. The monoisotopic (exact) mass is 213 g/mol. The smallest absolute Gasteiger partial charge is 0.320 e. The van der Waals surface area contributed by atoms with Crippen molar-refractivity contribution in [2.45, 2.75) is 19.0 Å². The molecule has 2 saturated heterocycles. The number of carboxylic acids is 1. The van der Waals surface area contributed by atoms with Gasteiger partial charge in [0.15, 0.2) is 0 Å². The highest BCUT2D eigenvalue weighted by molar-refractivity contribution is 5.72. The number of rotatable bonds is 3. The molecule has 5 nitrogen and oxygen atoms in total. The molecule has 0 saturated carbocycles. The Hall–Kier alpha value is -0.650. The molecule has 0 amide bonds. The molecule has 2 heterocycles. The molecule has 2 rings (SSSR count). The molecule has 86 valence electrons. The van der Waals surface area contributed by atoms with Crippen LogP contribution in [0.15, 0.2) is 0 Å². The molecular weight excluding hydrogens is 194 g/mol. The average Bonchev–Trinajstić information content (AvgIpc) is 2.15. The molecule has 2 N–H and O–H groups in total. The summed E-state index contributed by atoms with van der Waals surface area (Å²) < 4.78 is 0. The lowest BCUT2D eigenvalue weighted by molar-refractivity contribution is -0.143. The van der Waals surface area contributed by atoms with Crippen molar-refractivity contribution in [2.24, 2.45) is 0 Å². The van der Waals surface area contributed by atoms with Gasteiger partial charge in [-0.25, -0.2) is 0 Å². The summed E-state index contributed by atoms with van der Waals surface area (Å²) in [5, 5.41) is 12.2. The second-order valence-corrected chi connectivity index (χ2v) is 4.40. The summed E-state index contributed by atoms with van der Waals surface area (Å²) in [6.45, 7) is 7.72. The number of nitrogens with zero attached hydrogens (tertiary/aromatic N) is 2. The third-order valence-corrected chi connectivity index (χ3v) is 3.53. The van der Waals surface area contributed by atoms with E-state index >= 15 is 0 Å². The molecular formula is C10H19N3O2. The zero-order valence-electron chi connectivity index (χ0n) is 9.15. The van der Waals surface area contributed by atoms with Gasteiger partial charge in [-0.1, -0.05) is 0 Å². The SMILES string of the molecule is CC(C(=O)O)N1CCN(C2CNC2)CC1. The van der Waals surface area contributed by atoms with Crippen LogP contribution in [0.25, 0.3) is 0 Å². The fourth-order valence-corrected chi connectivity index (χ4v) is 2.18. The van der Waals surface area contributed by atoms with E-state index < -0.39 is 5.97 Å². The highest BCUT2D eigenvalue weighted by Gasteiger charge is 2.30. The van der Waals surface area contributed by atoms with Crippen molar-refractivity contribution in [2.75, 3.05) is 39.3 Å². The van der Waals surface area contributed by atoms with Crippen molar-refractivity contribution in [3.05, 3.63) is 0 Å². The third-order valence-electron chi connectivity index (χ3n) is 3.53. The fourth-order valence-electron chi connectivity index (χ4n) is 2.18.